The first-order valence-electron chi connectivity index (χ1n) is 16.4. The second kappa shape index (κ2) is 16.2. The van der Waals surface area contributed by atoms with Gasteiger partial charge in [-0.3, -0.25) is 19.2 Å². The molecule has 54 heavy (non-hydrogen) atoms. The predicted molar refractivity (Wildman–Crippen MR) is 197 cm³/mol. The van der Waals surface area contributed by atoms with Crippen LogP contribution < -0.4 is 31.5 Å². The Morgan fingerprint density at radius 2 is 1.15 bits per heavy atom. The molecule has 0 bridgehead atoms. The molecule has 6 N–H and O–H groups in total. The number of amides is 2. The van der Waals surface area contributed by atoms with Gasteiger partial charge in [-0.2, -0.15) is 20.5 Å². The molecule has 6 rings (SSSR count). The topological polar surface area (TPSA) is 258 Å². The zero-order chi connectivity index (χ0) is 38.2. The largest absolute Gasteiger partial charge is 0.490 e. The number of nitrogens with one attached hydrogen (secondary N) is 6. The summed E-state index contributed by atoms with van der Waals surface area (Å²) in [4.78, 5) is 83.9. The van der Waals surface area contributed by atoms with E-state index in [0.717, 1.165) is 0 Å². The molecular formula is C36H32N10O8. The summed E-state index contributed by atoms with van der Waals surface area (Å²) in [5.74, 6) is -1.72. The van der Waals surface area contributed by atoms with E-state index in [-0.39, 0.29) is 30.3 Å². The number of rotatable bonds is 15. The number of imidazole rings is 2. The Bertz CT molecular complexity index is 2550. The molecule has 18 heteroatoms. The number of carbonyl (C=O) groups is 4. The Balaban J connectivity index is 1.03. The fraction of sp³-hybridized carbons (Fsp3) is 0.167. The van der Waals surface area contributed by atoms with Gasteiger partial charge in [0, 0.05) is 17.4 Å². The molecule has 18 nitrogen and oxygen atoms in total. The Labute approximate surface area is 304 Å². The molecular weight excluding hydrogens is 700 g/mol. The van der Waals surface area contributed by atoms with E-state index in [1.165, 1.54) is 13.8 Å². The van der Waals surface area contributed by atoms with Crippen molar-refractivity contribution in [3.8, 4) is 11.5 Å². The van der Waals surface area contributed by atoms with Crippen molar-refractivity contribution in [3.05, 3.63) is 106 Å². The maximum atomic E-state index is 12.9. The first-order chi connectivity index (χ1) is 26.0. The first-order valence-corrected chi connectivity index (χ1v) is 16.4. The van der Waals surface area contributed by atoms with E-state index in [1.54, 1.807) is 84.9 Å². The van der Waals surface area contributed by atoms with E-state index >= 15 is 0 Å². The van der Waals surface area contributed by atoms with Gasteiger partial charge in [-0.05, 0) is 74.5 Å². The number of fused-ring (bicyclic) bond motifs is 2. The highest BCUT2D eigenvalue weighted by atomic mass is 16.5. The Kier molecular flexibility index (Phi) is 10.9. The Morgan fingerprint density at radius 3 is 1.74 bits per heavy atom. The highest BCUT2D eigenvalue weighted by molar-refractivity contribution is 6.11. The quantitative estimate of drug-likeness (QED) is 0.0482. The molecule has 0 saturated carbocycles. The Hall–Kier alpha value is -7.50. The molecule has 2 amide bonds. The number of ether oxygens (including phenoxy) is 2. The van der Waals surface area contributed by atoms with Crippen LogP contribution in [0.5, 0.6) is 11.5 Å². The van der Waals surface area contributed by atoms with E-state index in [1.807, 2.05) is 0 Å². The lowest BCUT2D eigenvalue weighted by molar-refractivity contribution is -0.127. The number of nitrogens with zero attached hydrogens (tertiary/aromatic N) is 4. The molecule has 0 fully saturated rings. The van der Waals surface area contributed by atoms with Gasteiger partial charge in [-0.1, -0.05) is 18.2 Å². The highest BCUT2D eigenvalue weighted by Crippen LogP contribution is 2.28. The van der Waals surface area contributed by atoms with E-state index in [0.29, 0.717) is 50.6 Å². The lowest BCUT2D eigenvalue weighted by atomic mass is 10.2. The monoisotopic (exact) mass is 732 g/mol. The number of ketones is 2. The molecule has 0 aliphatic carbocycles. The number of carbonyl (C=O) groups excluding carboxylic acids is 4. The summed E-state index contributed by atoms with van der Waals surface area (Å²) < 4.78 is 11.6. The van der Waals surface area contributed by atoms with Gasteiger partial charge in [0.05, 0.1) is 27.8 Å². The van der Waals surface area contributed by atoms with Crippen molar-refractivity contribution in [2.24, 2.45) is 20.5 Å². The summed E-state index contributed by atoms with van der Waals surface area (Å²) in [7, 11) is 0. The van der Waals surface area contributed by atoms with E-state index in [2.05, 4.69) is 51.0 Å². The maximum absolute atomic E-state index is 12.9. The fourth-order valence-electron chi connectivity index (χ4n) is 5.13. The zero-order valence-corrected chi connectivity index (χ0v) is 28.7. The van der Waals surface area contributed by atoms with Crippen LogP contribution in [0.4, 0.5) is 22.7 Å². The number of benzene rings is 4. The number of H-pyrrole nitrogens is 4. The molecule has 4 aromatic carbocycles. The minimum atomic E-state index is -1.44. The van der Waals surface area contributed by atoms with Gasteiger partial charge in [-0.25, -0.2) is 9.59 Å². The summed E-state index contributed by atoms with van der Waals surface area (Å²) >= 11 is 0. The van der Waals surface area contributed by atoms with Crippen LogP contribution in [0.2, 0.25) is 0 Å². The van der Waals surface area contributed by atoms with Crippen LogP contribution in [-0.2, 0) is 19.2 Å². The number of aromatic nitrogens is 4. The van der Waals surface area contributed by atoms with Crippen molar-refractivity contribution >= 4 is 68.2 Å². The summed E-state index contributed by atoms with van der Waals surface area (Å²) in [6, 6.07) is 19.8. The smallest absolute Gasteiger partial charge is 0.323 e. The van der Waals surface area contributed by atoms with Crippen molar-refractivity contribution in [3.63, 3.8) is 0 Å². The van der Waals surface area contributed by atoms with Crippen LogP contribution in [0.25, 0.3) is 22.1 Å². The van der Waals surface area contributed by atoms with E-state index in [4.69, 9.17) is 9.47 Å². The van der Waals surface area contributed by atoms with Gasteiger partial charge in [0.25, 0.3) is 11.8 Å². The molecule has 2 heterocycles. The van der Waals surface area contributed by atoms with Gasteiger partial charge >= 0.3 is 11.4 Å². The number of aromatic amines is 4. The number of anilines is 2. The average Bonchev–Trinajstić information content (AvgIpc) is 3.70. The van der Waals surface area contributed by atoms with Crippen molar-refractivity contribution in [2.45, 2.75) is 25.9 Å². The molecule has 2 aromatic heterocycles. The molecule has 0 aliphatic heterocycles. The molecule has 0 aliphatic rings. The van der Waals surface area contributed by atoms with E-state index in [9.17, 15) is 28.8 Å². The molecule has 0 saturated heterocycles. The summed E-state index contributed by atoms with van der Waals surface area (Å²) in [6.07, 6.45) is 0. The standard InChI is InChI=1S/C36H32N10O8/c1-19(47)31(33(49)37-21-10-12-25-28(17-21)41-35(51)39-25)45-43-23-6-5-7-24(16-23)53-14-15-54-30-9-4-3-8-27(30)44-46-32(20(2)48)34(50)38-22-11-13-26-29(18-22)42-36(52)40-26/h3-13,16-18,31-32H,14-15H2,1-2H3,(H,37,49)(H,38,50)(H2,39,41,51)(H2,40,42,52). The molecule has 0 radical (unpaired) electrons. The van der Waals surface area contributed by atoms with Crippen molar-refractivity contribution in [1.82, 2.24) is 19.9 Å². The van der Waals surface area contributed by atoms with Gasteiger partial charge in [-0.15, -0.1) is 0 Å². The minimum absolute atomic E-state index is 0.0770. The lowest BCUT2D eigenvalue weighted by Crippen LogP contribution is -2.31. The van der Waals surface area contributed by atoms with Gasteiger partial charge in [0.2, 0.25) is 12.1 Å². The summed E-state index contributed by atoms with van der Waals surface area (Å²) in [5, 5.41) is 21.4. The second-order valence-corrected chi connectivity index (χ2v) is 11.8. The van der Waals surface area contributed by atoms with Crippen LogP contribution in [0.3, 0.4) is 0 Å². The molecule has 0 spiro atoms. The number of Topliss-reactive ketones (excluding diaryl/α,β-unsaturated/α-hetero) is 2. The first kappa shape index (κ1) is 36.3. The van der Waals surface area contributed by atoms with Gasteiger partial charge in [0.1, 0.15) is 30.4 Å². The molecule has 274 valence electrons. The van der Waals surface area contributed by atoms with Crippen LogP contribution in [-0.4, -0.2) is 68.6 Å². The predicted octanol–water partition coefficient (Wildman–Crippen LogP) is 4.84. The molecule has 6 aromatic rings. The fourth-order valence-corrected chi connectivity index (χ4v) is 5.13. The van der Waals surface area contributed by atoms with Crippen molar-refractivity contribution in [1.29, 1.82) is 0 Å². The third kappa shape index (κ3) is 9.04. The lowest BCUT2D eigenvalue weighted by Gasteiger charge is -2.11. The Morgan fingerprint density at radius 1 is 0.611 bits per heavy atom. The van der Waals surface area contributed by atoms with Crippen LogP contribution in [0.15, 0.2) is 115 Å². The SMILES string of the molecule is CC(=O)C(N=Nc1cccc(OCCOc2ccccc2N=NC(C(C)=O)C(=O)Nc2ccc3[nH]c(=O)[nH]c3c2)c1)C(=O)Nc1ccc2[nH]c(=O)[nH]c2c1. The third-order valence-corrected chi connectivity index (χ3v) is 7.70. The molecule has 2 atom stereocenters. The van der Waals surface area contributed by atoms with Crippen molar-refractivity contribution < 1.29 is 28.7 Å². The number of azo groups is 2. The van der Waals surface area contributed by atoms with Crippen LogP contribution in [0.1, 0.15) is 13.8 Å². The van der Waals surface area contributed by atoms with Gasteiger partial charge < -0.3 is 40.0 Å². The average molecular weight is 733 g/mol. The summed E-state index contributed by atoms with van der Waals surface area (Å²) in [5.41, 5.74) is 2.63. The highest BCUT2D eigenvalue weighted by Gasteiger charge is 2.25. The zero-order valence-electron chi connectivity index (χ0n) is 28.7. The second-order valence-electron chi connectivity index (χ2n) is 11.8. The number of hydrogen-bond donors (Lipinski definition) is 6. The minimum Gasteiger partial charge on any atom is -0.490 e. The van der Waals surface area contributed by atoms with Gasteiger partial charge in [0.15, 0.2) is 11.6 Å². The van der Waals surface area contributed by atoms with Crippen molar-refractivity contribution in [2.75, 3.05) is 23.8 Å². The third-order valence-electron chi connectivity index (χ3n) is 7.70. The number of hydrogen-bond acceptors (Lipinski definition) is 12. The maximum Gasteiger partial charge on any atom is 0.323 e. The molecule has 2 unspecified atom stereocenters. The van der Waals surface area contributed by atoms with E-state index < -0.39 is 35.5 Å². The van der Waals surface area contributed by atoms with Crippen LogP contribution >= 0.6 is 0 Å². The van der Waals surface area contributed by atoms with Crippen LogP contribution in [0, 0.1) is 0 Å². The number of para-hydroxylation sites is 1. The normalized spacial score (nSPS) is 12.6. The summed E-state index contributed by atoms with van der Waals surface area (Å²) in [6.45, 7) is 2.62.